The van der Waals surface area contributed by atoms with Gasteiger partial charge >= 0.3 is 6.09 Å². The number of rotatable bonds is 6. The number of nitrogens with zero attached hydrogens (tertiary/aromatic N) is 3. The minimum Gasteiger partial charge on any atom is -0.490 e. The number of thiophene rings is 1. The van der Waals surface area contributed by atoms with Gasteiger partial charge in [-0.25, -0.2) is 9.78 Å². The molecule has 1 fully saturated rings. The van der Waals surface area contributed by atoms with Gasteiger partial charge in [0.15, 0.2) is 0 Å². The van der Waals surface area contributed by atoms with Gasteiger partial charge in [-0.1, -0.05) is 0 Å². The highest BCUT2D eigenvalue weighted by Crippen LogP contribution is 2.25. The van der Waals surface area contributed by atoms with E-state index in [-0.39, 0.29) is 23.7 Å². The van der Waals surface area contributed by atoms with E-state index in [0.717, 1.165) is 10.2 Å². The summed E-state index contributed by atoms with van der Waals surface area (Å²) in [7, 11) is 1.83. The van der Waals surface area contributed by atoms with Crippen molar-refractivity contribution in [3.8, 4) is 5.75 Å². The van der Waals surface area contributed by atoms with E-state index in [1.54, 1.807) is 41.7 Å². The zero-order valence-electron chi connectivity index (χ0n) is 20.0. The van der Waals surface area contributed by atoms with Crippen molar-refractivity contribution in [2.45, 2.75) is 18.9 Å². The highest BCUT2D eigenvalue weighted by atomic mass is 32.1. The summed E-state index contributed by atoms with van der Waals surface area (Å²) in [5.74, 6) is 0.285. The van der Waals surface area contributed by atoms with Gasteiger partial charge in [-0.15, -0.1) is 11.3 Å². The van der Waals surface area contributed by atoms with Crippen LogP contribution in [0.3, 0.4) is 0 Å². The van der Waals surface area contributed by atoms with Crippen LogP contribution in [0.5, 0.6) is 5.75 Å². The predicted octanol–water partition coefficient (Wildman–Crippen LogP) is 4.66. The number of carbonyl (C=O) groups is 3. The van der Waals surface area contributed by atoms with Gasteiger partial charge in [0.25, 0.3) is 11.8 Å². The average molecular weight is 520 g/mol. The summed E-state index contributed by atoms with van der Waals surface area (Å²) in [6.45, 7) is 0.901. The molecule has 5 rings (SSSR count). The van der Waals surface area contributed by atoms with E-state index in [9.17, 15) is 14.4 Å². The smallest absolute Gasteiger partial charge is 0.407 e. The molecule has 4 heterocycles. The highest BCUT2D eigenvalue weighted by molar-refractivity contribution is 7.17. The minimum atomic E-state index is -0.904. The van der Waals surface area contributed by atoms with Crippen LogP contribution in [-0.2, 0) is 7.05 Å². The molecule has 1 saturated heterocycles. The molecule has 1 aliphatic heterocycles. The second-order valence-corrected chi connectivity index (χ2v) is 9.66. The molecule has 1 aliphatic rings. The number of pyridine rings is 1. The summed E-state index contributed by atoms with van der Waals surface area (Å²) < 4.78 is 8.80. The van der Waals surface area contributed by atoms with Crippen LogP contribution in [0.15, 0.2) is 60.1 Å². The molecule has 11 heteroatoms. The summed E-state index contributed by atoms with van der Waals surface area (Å²) >= 11 is 1.57. The Morgan fingerprint density at radius 3 is 2.49 bits per heavy atom. The van der Waals surface area contributed by atoms with Crippen molar-refractivity contribution in [1.29, 1.82) is 0 Å². The van der Waals surface area contributed by atoms with Crippen molar-refractivity contribution >= 4 is 51.0 Å². The van der Waals surface area contributed by atoms with E-state index in [4.69, 9.17) is 9.84 Å². The number of carbonyl (C=O) groups excluding carboxylic acids is 2. The number of nitrogens with one attached hydrogen (secondary N) is 2. The molecule has 0 radical (unpaired) electrons. The second-order valence-electron chi connectivity index (χ2n) is 8.71. The first kappa shape index (κ1) is 24.3. The number of aryl methyl sites for hydroxylation is 1. The molecule has 190 valence electrons. The first-order valence-corrected chi connectivity index (χ1v) is 12.6. The summed E-state index contributed by atoms with van der Waals surface area (Å²) in [6, 6.07) is 13.9. The molecule has 3 amide bonds. The third kappa shape index (κ3) is 5.41. The van der Waals surface area contributed by atoms with Gasteiger partial charge in [-0.05, 0) is 53.9 Å². The lowest BCUT2D eigenvalue weighted by Crippen LogP contribution is -2.41. The van der Waals surface area contributed by atoms with Crippen LogP contribution >= 0.6 is 11.3 Å². The second kappa shape index (κ2) is 10.3. The molecule has 37 heavy (non-hydrogen) atoms. The first-order valence-electron chi connectivity index (χ1n) is 11.7. The molecule has 3 N–H and O–H groups in total. The van der Waals surface area contributed by atoms with Crippen LogP contribution in [-0.4, -0.2) is 56.7 Å². The lowest BCUT2D eigenvalue weighted by Gasteiger charge is -2.30. The van der Waals surface area contributed by atoms with Crippen molar-refractivity contribution in [1.82, 2.24) is 14.5 Å². The molecular formula is C26H25N5O5S. The van der Waals surface area contributed by atoms with E-state index >= 15 is 0 Å². The van der Waals surface area contributed by atoms with Gasteiger partial charge < -0.3 is 29.9 Å². The third-order valence-electron chi connectivity index (χ3n) is 6.29. The van der Waals surface area contributed by atoms with E-state index < -0.39 is 6.09 Å². The molecule has 3 aromatic heterocycles. The molecule has 0 aliphatic carbocycles. The van der Waals surface area contributed by atoms with E-state index in [2.05, 4.69) is 15.6 Å². The molecule has 4 aromatic rings. The largest absolute Gasteiger partial charge is 0.490 e. The number of likely N-dealkylation sites (tertiary alicyclic amines) is 1. The van der Waals surface area contributed by atoms with Crippen molar-refractivity contribution < 1.29 is 24.2 Å². The zero-order chi connectivity index (χ0) is 25.9. The van der Waals surface area contributed by atoms with Gasteiger partial charge in [0.2, 0.25) is 0 Å². The fourth-order valence-electron chi connectivity index (χ4n) is 4.27. The first-order chi connectivity index (χ1) is 17.9. The van der Waals surface area contributed by atoms with E-state index in [0.29, 0.717) is 48.6 Å². The summed E-state index contributed by atoms with van der Waals surface area (Å²) in [5.41, 5.74) is 2.43. The molecular weight excluding hydrogens is 494 g/mol. The van der Waals surface area contributed by atoms with Crippen LogP contribution in [0.4, 0.5) is 16.3 Å². The standard InChI is InChI=1S/C26H25N5O5S/c1-30-20-9-13-37-22(20)15-21(30)25(33)29-23-14-16(6-10-27-23)24(32)28-17-2-4-18(5-3-17)36-19-7-11-31(12-8-19)26(34)35/h2-6,9-10,13-15,19H,7-8,11-12H2,1H3,(H,28,32)(H,34,35)(H,27,29,33). The average Bonchev–Trinajstić information content (AvgIpc) is 3.48. The van der Waals surface area contributed by atoms with Crippen molar-refractivity contribution in [3.05, 3.63) is 71.4 Å². The summed E-state index contributed by atoms with van der Waals surface area (Å²) in [4.78, 5) is 42.2. The van der Waals surface area contributed by atoms with Gasteiger partial charge in [0.05, 0.1) is 10.2 Å². The number of hydrogen-bond donors (Lipinski definition) is 3. The number of amides is 3. The van der Waals surface area contributed by atoms with Crippen LogP contribution in [0.25, 0.3) is 10.2 Å². The van der Waals surface area contributed by atoms with Crippen molar-refractivity contribution in [2.75, 3.05) is 23.7 Å². The Kier molecular flexibility index (Phi) is 6.78. The molecule has 0 spiro atoms. The summed E-state index contributed by atoms with van der Waals surface area (Å²) in [6.07, 6.45) is 1.79. The Hall–Kier alpha value is -4.38. The van der Waals surface area contributed by atoms with Gasteiger partial charge in [-0.2, -0.15) is 0 Å². The number of carboxylic acid groups (broad SMARTS) is 1. The molecule has 0 atom stereocenters. The Balaban J connectivity index is 1.18. The van der Waals surface area contributed by atoms with Gasteiger partial charge in [0, 0.05) is 50.4 Å². The molecule has 0 unspecified atom stereocenters. The Morgan fingerprint density at radius 2 is 1.78 bits per heavy atom. The highest BCUT2D eigenvalue weighted by Gasteiger charge is 2.23. The van der Waals surface area contributed by atoms with E-state index in [1.807, 2.05) is 29.1 Å². The number of piperidine rings is 1. The van der Waals surface area contributed by atoms with Crippen LogP contribution in [0.1, 0.15) is 33.7 Å². The third-order valence-corrected chi connectivity index (χ3v) is 7.14. The predicted molar refractivity (Wildman–Crippen MR) is 141 cm³/mol. The van der Waals surface area contributed by atoms with Gasteiger partial charge in [0.1, 0.15) is 23.4 Å². The minimum absolute atomic E-state index is 0.0479. The monoisotopic (exact) mass is 519 g/mol. The van der Waals surface area contributed by atoms with Crippen molar-refractivity contribution in [2.24, 2.45) is 7.05 Å². The normalized spacial score (nSPS) is 13.9. The topological polar surface area (TPSA) is 126 Å². The van der Waals surface area contributed by atoms with E-state index in [1.165, 1.54) is 17.2 Å². The Morgan fingerprint density at radius 1 is 1.03 bits per heavy atom. The Labute approximate surface area is 216 Å². The SMILES string of the molecule is Cn1c(C(=O)Nc2cc(C(=O)Nc3ccc(OC4CCN(C(=O)O)CC4)cc3)ccn2)cc2sccc21. The van der Waals surface area contributed by atoms with Crippen LogP contribution in [0, 0.1) is 0 Å². The lowest BCUT2D eigenvalue weighted by molar-refractivity contribution is 0.0893. The van der Waals surface area contributed by atoms with Crippen molar-refractivity contribution in [3.63, 3.8) is 0 Å². The number of benzene rings is 1. The zero-order valence-corrected chi connectivity index (χ0v) is 20.8. The van der Waals surface area contributed by atoms with Crippen LogP contribution in [0.2, 0.25) is 0 Å². The fraction of sp³-hybridized carbons (Fsp3) is 0.231. The quantitative estimate of drug-likeness (QED) is 0.340. The number of hydrogen-bond acceptors (Lipinski definition) is 6. The molecule has 1 aromatic carbocycles. The fourth-order valence-corrected chi connectivity index (χ4v) is 5.11. The lowest BCUT2D eigenvalue weighted by atomic mass is 10.1. The number of anilines is 2. The maximum atomic E-state index is 12.8. The number of ether oxygens (including phenoxy) is 1. The number of fused-ring (bicyclic) bond motifs is 1. The number of aromatic nitrogens is 2. The maximum Gasteiger partial charge on any atom is 0.407 e. The Bertz CT molecular complexity index is 1450. The van der Waals surface area contributed by atoms with Gasteiger partial charge in [-0.3, -0.25) is 9.59 Å². The maximum absolute atomic E-state index is 12.8. The molecule has 0 saturated carbocycles. The van der Waals surface area contributed by atoms with Crippen LogP contribution < -0.4 is 15.4 Å². The molecule has 0 bridgehead atoms. The molecule has 10 nitrogen and oxygen atoms in total. The summed E-state index contributed by atoms with van der Waals surface area (Å²) in [5, 5.41) is 16.6.